The zero-order valence-electron chi connectivity index (χ0n) is 13.2. The van der Waals surface area contributed by atoms with Gasteiger partial charge in [-0.25, -0.2) is 8.42 Å². The van der Waals surface area contributed by atoms with E-state index in [4.69, 9.17) is 0 Å². The SMILES string of the molecule is CCCNCc1sc(S(=O)(=O)N(CC)CC2CC2)cc1C. The Hall–Kier alpha value is -0.430. The van der Waals surface area contributed by atoms with Crippen LogP contribution in [0, 0.1) is 12.8 Å². The van der Waals surface area contributed by atoms with Crippen molar-refractivity contribution < 1.29 is 8.42 Å². The van der Waals surface area contributed by atoms with Gasteiger partial charge in [0.1, 0.15) is 4.21 Å². The molecule has 0 spiro atoms. The van der Waals surface area contributed by atoms with Gasteiger partial charge < -0.3 is 5.32 Å². The van der Waals surface area contributed by atoms with Gasteiger partial charge in [0.25, 0.3) is 10.0 Å². The van der Waals surface area contributed by atoms with Crippen LogP contribution in [0.1, 0.15) is 43.6 Å². The second-order valence-corrected chi connectivity index (χ2v) is 9.05. The monoisotopic (exact) mass is 330 g/mol. The van der Waals surface area contributed by atoms with E-state index in [0.29, 0.717) is 23.2 Å². The lowest BCUT2D eigenvalue weighted by atomic mass is 10.3. The van der Waals surface area contributed by atoms with Gasteiger partial charge in [-0.15, -0.1) is 11.3 Å². The molecule has 6 heteroatoms. The first kappa shape index (κ1) is 16.9. The fourth-order valence-corrected chi connectivity index (χ4v) is 5.52. The van der Waals surface area contributed by atoms with Crippen molar-refractivity contribution in [3.05, 3.63) is 16.5 Å². The molecule has 1 aromatic heterocycles. The molecular weight excluding hydrogens is 304 g/mol. The number of thiophene rings is 1. The Morgan fingerprint density at radius 1 is 1.38 bits per heavy atom. The van der Waals surface area contributed by atoms with E-state index in [9.17, 15) is 8.42 Å². The minimum absolute atomic E-state index is 0.496. The Kier molecular flexibility index (Phi) is 5.82. The van der Waals surface area contributed by atoms with Crippen molar-refractivity contribution in [2.24, 2.45) is 5.92 Å². The van der Waals surface area contributed by atoms with E-state index in [1.165, 1.54) is 24.2 Å². The smallest absolute Gasteiger partial charge is 0.252 e. The molecule has 0 aromatic carbocycles. The van der Waals surface area contributed by atoms with Crippen LogP contribution in [0.15, 0.2) is 10.3 Å². The van der Waals surface area contributed by atoms with Gasteiger partial charge >= 0.3 is 0 Å². The molecule has 4 nitrogen and oxygen atoms in total. The van der Waals surface area contributed by atoms with E-state index in [0.717, 1.165) is 30.0 Å². The number of hydrogen-bond donors (Lipinski definition) is 1. The Morgan fingerprint density at radius 3 is 2.67 bits per heavy atom. The summed E-state index contributed by atoms with van der Waals surface area (Å²) in [5, 5.41) is 3.34. The number of nitrogens with one attached hydrogen (secondary N) is 1. The average Bonchev–Trinajstić information content (AvgIpc) is 3.19. The minimum atomic E-state index is -3.31. The summed E-state index contributed by atoms with van der Waals surface area (Å²) in [6.07, 6.45) is 3.42. The molecule has 0 aliphatic heterocycles. The summed E-state index contributed by atoms with van der Waals surface area (Å²) in [5.74, 6) is 0.575. The van der Waals surface area contributed by atoms with Crippen LogP contribution >= 0.6 is 11.3 Å². The van der Waals surface area contributed by atoms with Crippen molar-refractivity contribution in [2.75, 3.05) is 19.6 Å². The normalized spacial score (nSPS) is 15.8. The van der Waals surface area contributed by atoms with Crippen LogP contribution in [0.25, 0.3) is 0 Å². The van der Waals surface area contributed by atoms with Crippen LogP contribution in [0.3, 0.4) is 0 Å². The van der Waals surface area contributed by atoms with E-state index in [1.54, 1.807) is 4.31 Å². The van der Waals surface area contributed by atoms with E-state index in [-0.39, 0.29) is 0 Å². The molecule has 21 heavy (non-hydrogen) atoms. The standard InChI is InChI=1S/C15H26N2O2S2/c1-4-8-16-10-14-12(3)9-15(20-14)21(18,19)17(5-2)11-13-6-7-13/h9,13,16H,4-8,10-11H2,1-3H3. The third kappa shape index (κ3) is 4.28. The molecule has 0 unspecified atom stereocenters. The third-order valence-corrected chi connectivity index (χ3v) is 7.44. The van der Waals surface area contributed by atoms with Gasteiger partial charge in [-0.2, -0.15) is 4.31 Å². The highest BCUT2D eigenvalue weighted by Gasteiger charge is 2.31. The molecule has 0 atom stereocenters. The van der Waals surface area contributed by atoms with E-state index >= 15 is 0 Å². The highest BCUT2D eigenvalue weighted by Crippen LogP contribution is 2.33. The Morgan fingerprint density at radius 2 is 2.10 bits per heavy atom. The number of aryl methyl sites for hydroxylation is 1. The molecule has 1 fully saturated rings. The molecule has 0 saturated heterocycles. The summed E-state index contributed by atoms with van der Waals surface area (Å²) in [7, 11) is -3.31. The lowest BCUT2D eigenvalue weighted by molar-refractivity contribution is 0.413. The maximum Gasteiger partial charge on any atom is 0.252 e. The molecule has 0 bridgehead atoms. The van der Waals surface area contributed by atoms with Crippen LogP contribution in [0.2, 0.25) is 0 Å². The average molecular weight is 331 g/mol. The van der Waals surface area contributed by atoms with Crippen molar-refractivity contribution in [3.63, 3.8) is 0 Å². The molecule has 0 radical (unpaired) electrons. The minimum Gasteiger partial charge on any atom is -0.312 e. The predicted octanol–water partition coefficient (Wildman–Crippen LogP) is 2.98. The van der Waals surface area contributed by atoms with Crippen LogP contribution in [0.4, 0.5) is 0 Å². The number of rotatable bonds is 9. The third-order valence-electron chi connectivity index (χ3n) is 3.82. The highest BCUT2D eigenvalue weighted by molar-refractivity contribution is 7.91. The predicted molar refractivity (Wildman–Crippen MR) is 88.2 cm³/mol. The van der Waals surface area contributed by atoms with E-state index < -0.39 is 10.0 Å². The van der Waals surface area contributed by atoms with Crippen molar-refractivity contribution in [3.8, 4) is 0 Å². The Balaban J connectivity index is 2.13. The van der Waals surface area contributed by atoms with E-state index in [1.807, 2.05) is 19.9 Å². The molecule has 120 valence electrons. The van der Waals surface area contributed by atoms with Gasteiger partial charge in [-0.05, 0) is 50.3 Å². The lowest BCUT2D eigenvalue weighted by Gasteiger charge is -2.19. The maximum atomic E-state index is 12.7. The number of nitrogens with zero attached hydrogens (tertiary/aromatic N) is 1. The molecule has 1 aromatic rings. The van der Waals surface area contributed by atoms with Crippen LogP contribution < -0.4 is 5.32 Å². The lowest BCUT2D eigenvalue weighted by Crippen LogP contribution is -2.32. The first-order chi connectivity index (χ1) is 9.98. The van der Waals surface area contributed by atoms with Gasteiger partial charge in [0.2, 0.25) is 0 Å². The van der Waals surface area contributed by atoms with Gasteiger partial charge in [-0.1, -0.05) is 13.8 Å². The zero-order valence-corrected chi connectivity index (χ0v) is 14.8. The highest BCUT2D eigenvalue weighted by atomic mass is 32.2. The van der Waals surface area contributed by atoms with Crippen molar-refractivity contribution in [1.29, 1.82) is 0 Å². The summed E-state index contributed by atoms with van der Waals surface area (Å²) in [6.45, 7) is 9.00. The molecule has 0 amide bonds. The summed E-state index contributed by atoms with van der Waals surface area (Å²) in [6, 6.07) is 1.83. The Labute approximate surface area is 132 Å². The first-order valence-corrected chi connectivity index (χ1v) is 10.0. The molecule has 1 N–H and O–H groups in total. The summed E-state index contributed by atoms with van der Waals surface area (Å²) in [4.78, 5) is 1.13. The molecule has 1 aliphatic carbocycles. The van der Waals surface area contributed by atoms with Gasteiger partial charge in [-0.3, -0.25) is 0 Å². The molecule has 1 aliphatic rings. The van der Waals surface area contributed by atoms with Crippen molar-refractivity contribution in [2.45, 2.75) is 50.8 Å². The van der Waals surface area contributed by atoms with Crippen LogP contribution in [-0.2, 0) is 16.6 Å². The van der Waals surface area contributed by atoms with Gasteiger partial charge in [0.05, 0.1) is 0 Å². The summed E-state index contributed by atoms with van der Waals surface area (Å²) < 4.78 is 27.6. The Bertz CT molecular complexity index is 562. The molecule has 2 rings (SSSR count). The largest absolute Gasteiger partial charge is 0.312 e. The van der Waals surface area contributed by atoms with Crippen LogP contribution in [0.5, 0.6) is 0 Å². The van der Waals surface area contributed by atoms with Crippen LogP contribution in [-0.4, -0.2) is 32.4 Å². The molecule has 1 heterocycles. The second-order valence-electron chi connectivity index (χ2n) is 5.75. The number of sulfonamides is 1. The molecular formula is C15H26N2O2S2. The molecule has 1 saturated carbocycles. The summed E-state index contributed by atoms with van der Waals surface area (Å²) >= 11 is 1.42. The summed E-state index contributed by atoms with van der Waals surface area (Å²) in [5.41, 5.74) is 1.07. The van der Waals surface area contributed by atoms with Crippen molar-refractivity contribution in [1.82, 2.24) is 9.62 Å². The maximum absolute atomic E-state index is 12.7. The topological polar surface area (TPSA) is 49.4 Å². The fraction of sp³-hybridized carbons (Fsp3) is 0.733. The quantitative estimate of drug-likeness (QED) is 0.708. The van der Waals surface area contributed by atoms with Gasteiger partial charge in [0, 0.05) is 24.5 Å². The number of hydrogen-bond acceptors (Lipinski definition) is 4. The fourth-order valence-electron chi connectivity index (χ4n) is 2.28. The zero-order chi connectivity index (χ0) is 15.5. The first-order valence-electron chi connectivity index (χ1n) is 7.79. The van der Waals surface area contributed by atoms with Gasteiger partial charge in [0.15, 0.2) is 0 Å². The van der Waals surface area contributed by atoms with E-state index in [2.05, 4.69) is 12.2 Å². The second kappa shape index (κ2) is 7.22. The van der Waals surface area contributed by atoms with Crippen molar-refractivity contribution >= 4 is 21.4 Å².